The third-order valence-corrected chi connectivity index (χ3v) is 4.09. The van der Waals surface area contributed by atoms with E-state index in [1.807, 2.05) is 46.8 Å². The number of benzene rings is 1. The summed E-state index contributed by atoms with van der Waals surface area (Å²) >= 11 is 0. The Morgan fingerprint density at radius 2 is 1.80 bits per heavy atom. The zero-order valence-electron chi connectivity index (χ0n) is 15.4. The minimum Gasteiger partial charge on any atom is -0.361 e. The van der Waals surface area contributed by atoms with Gasteiger partial charge in [0.05, 0.1) is 11.7 Å². The van der Waals surface area contributed by atoms with Crippen molar-refractivity contribution in [1.82, 2.24) is 10.5 Å². The number of nitrogens with zero attached hydrogens (tertiary/aromatic N) is 1. The average molecular weight is 344 g/mol. The van der Waals surface area contributed by atoms with Gasteiger partial charge in [-0.15, -0.1) is 0 Å². The number of amides is 3. The van der Waals surface area contributed by atoms with Crippen molar-refractivity contribution in [3.05, 3.63) is 40.3 Å². The lowest BCUT2D eigenvalue weighted by atomic mass is 10.1. The van der Waals surface area contributed by atoms with Gasteiger partial charge >= 0.3 is 6.03 Å². The predicted molar refractivity (Wildman–Crippen MR) is 96.8 cm³/mol. The van der Waals surface area contributed by atoms with Crippen LogP contribution in [0.2, 0.25) is 0 Å². The Labute approximate surface area is 147 Å². The Morgan fingerprint density at radius 1 is 1.12 bits per heavy atom. The maximum Gasteiger partial charge on any atom is 0.319 e. The fraction of sp³-hybridized carbons (Fsp3) is 0.389. The maximum absolute atomic E-state index is 12.4. The van der Waals surface area contributed by atoms with Crippen molar-refractivity contribution >= 4 is 23.3 Å². The molecular formula is C18H24N4O3. The maximum atomic E-state index is 12.4. The lowest BCUT2D eigenvalue weighted by Gasteiger charge is -2.18. The third-order valence-electron chi connectivity index (χ3n) is 4.09. The summed E-state index contributed by atoms with van der Waals surface area (Å²) in [4.78, 5) is 23.7. The molecule has 0 aliphatic heterocycles. The molecule has 0 unspecified atom stereocenters. The molecule has 3 amide bonds. The number of rotatable bonds is 4. The fourth-order valence-corrected chi connectivity index (χ4v) is 2.89. The van der Waals surface area contributed by atoms with Crippen LogP contribution in [0.5, 0.6) is 0 Å². The van der Waals surface area contributed by atoms with Gasteiger partial charge in [0.25, 0.3) is 0 Å². The summed E-state index contributed by atoms with van der Waals surface area (Å²) in [6, 6.07) is 3.09. The molecule has 0 fully saturated rings. The van der Waals surface area contributed by atoms with Crippen LogP contribution < -0.4 is 16.0 Å². The van der Waals surface area contributed by atoms with E-state index in [1.165, 1.54) is 6.92 Å². The van der Waals surface area contributed by atoms with Crippen molar-refractivity contribution in [2.24, 2.45) is 0 Å². The van der Waals surface area contributed by atoms with E-state index in [0.717, 1.165) is 22.4 Å². The van der Waals surface area contributed by atoms with Gasteiger partial charge in [-0.25, -0.2) is 4.79 Å². The quantitative estimate of drug-likeness (QED) is 0.787. The predicted octanol–water partition coefficient (Wildman–Crippen LogP) is 3.75. The summed E-state index contributed by atoms with van der Waals surface area (Å²) in [5.41, 5.74) is 4.71. The van der Waals surface area contributed by atoms with Gasteiger partial charge in [-0.3, -0.25) is 4.79 Å². The number of carbonyl (C=O) groups is 2. The SMILES string of the molecule is CC(=O)Nc1c(C)ccc(NC(=O)N[C@@H](C)c2c(C)noc2C)c1C. The van der Waals surface area contributed by atoms with Gasteiger partial charge in [0.15, 0.2) is 0 Å². The number of carbonyl (C=O) groups excluding carboxylic acids is 2. The van der Waals surface area contributed by atoms with Gasteiger partial charge in [-0.1, -0.05) is 11.2 Å². The van der Waals surface area contributed by atoms with Gasteiger partial charge in [-0.2, -0.15) is 0 Å². The zero-order chi connectivity index (χ0) is 18.7. The van der Waals surface area contributed by atoms with Crippen LogP contribution in [-0.2, 0) is 4.79 Å². The molecule has 1 heterocycles. The van der Waals surface area contributed by atoms with Crippen LogP contribution in [0, 0.1) is 27.7 Å². The molecule has 1 atom stereocenters. The lowest BCUT2D eigenvalue weighted by molar-refractivity contribution is -0.114. The highest BCUT2D eigenvalue weighted by atomic mass is 16.5. The van der Waals surface area contributed by atoms with Crippen molar-refractivity contribution in [3.63, 3.8) is 0 Å². The summed E-state index contributed by atoms with van der Waals surface area (Å²) in [5.74, 6) is 0.532. The molecule has 1 aromatic carbocycles. The molecule has 3 N–H and O–H groups in total. The fourth-order valence-electron chi connectivity index (χ4n) is 2.89. The zero-order valence-corrected chi connectivity index (χ0v) is 15.4. The Balaban J connectivity index is 2.14. The molecule has 2 rings (SSSR count). The minimum absolute atomic E-state index is 0.153. The van der Waals surface area contributed by atoms with E-state index in [2.05, 4.69) is 21.1 Å². The van der Waals surface area contributed by atoms with E-state index in [9.17, 15) is 9.59 Å². The first-order chi connectivity index (χ1) is 11.7. The topological polar surface area (TPSA) is 96.3 Å². The van der Waals surface area contributed by atoms with E-state index in [1.54, 1.807) is 0 Å². The number of anilines is 2. The molecule has 0 radical (unpaired) electrons. The monoisotopic (exact) mass is 344 g/mol. The second kappa shape index (κ2) is 7.38. The normalized spacial score (nSPS) is 11.8. The van der Waals surface area contributed by atoms with Gasteiger partial charge in [0, 0.05) is 23.9 Å². The second-order valence-corrected chi connectivity index (χ2v) is 6.17. The highest BCUT2D eigenvalue weighted by Crippen LogP contribution is 2.27. The molecule has 0 saturated heterocycles. The van der Waals surface area contributed by atoms with Crippen LogP contribution in [0.3, 0.4) is 0 Å². The third kappa shape index (κ3) is 4.17. The highest BCUT2D eigenvalue weighted by molar-refractivity contribution is 5.95. The molecule has 1 aromatic heterocycles. The van der Waals surface area contributed by atoms with E-state index in [4.69, 9.17) is 4.52 Å². The number of urea groups is 1. The summed E-state index contributed by atoms with van der Waals surface area (Å²) in [6.45, 7) is 10.7. The average Bonchev–Trinajstić information content (AvgIpc) is 2.85. The molecule has 7 heteroatoms. The van der Waals surface area contributed by atoms with Crippen molar-refractivity contribution in [2.45, 2.75) is 47.6 Å². The summed E-state index contributed by atoms with van der Waals surface area (Å²) < 4.78 is 5.14. The second-order valence-electron chi connectivity index (χ2n) is 6.17. The standard InChI is InChI=1S/C18H24N4O3/c1-9-7-8-15(10(2)17(9)20-14(6)23)21-18(24)19-11(3)16-12(4)22-25-13(16)5/h7-8,11H,1-6H3,(H,20,23)(H2,19,21,24)/t11-/m0/s1. The Kier molecular flexibility index (Phi) is 5.46. The molecule has 2 aromatic rings. The number of aromatic nitrogens is 1. The van der Waals surface area contributed by atoms with E-state index < -0.39 is 0 Å². The smallest absolute Gasteiger partial charge is 0.319 e. The molecule has 0 aliphatic rings. The Hall–Kier alpha value is -2.83. The Morgan fingerprint density at radius 3 is 2.36 bits per heavy atom. The lowest BCUT2D eigenvalue weighted by Crippen LogP contribution is -2.32. The van der Waals surface area contributed by atoms with Crippen molar-refractivity contribution in [1.29, 1.82) is 0 Å². The molecule has 0 spiro atoms. The molecule has 0 bridgehead atoms. The van der Waals surface area contributed by atoms with Crippen LogP contribution in [0.4, 0.5) is 16.2 Å². The van der Waals surface area contributed by atoms with Gasteiger partial charge in [0.1, 0.15) is 5.76 Å². The first-order valence-electron chi connectivity index (χ1n) is 8.08. The van der Waals surface area contributed by atoms with Crippen LogP contribution in [0.15, 0.2) is 16.7 Å². The van der Waals surface area contributed by atoms with Crippen LogP contribution in [-0.4, -0.2) is 17.1 Å². The van der Waals surface area contributed by atoms with Crippen LogP contribution in [0.25, 0.3) is 0 Å². The van der Waals surface area contributed by atoms with E-state index in [0.29, 0.717) is 17.1 Å². The van der Waals surface area contributed by atoms with Crippen molar-refractivity contribution in [3.8, 4) is 0 Å². The largest absolute Gasteiger partial charge is 0.361 e. The van der Waals surface area contributed by atoms with Crippen molar-refractivity contribution in [2.75, 3.05) is 10.6 Å². The van der Waals surface area contributed by atoms with E-state index in [-0.39, 0.29) is 18.0 Å². The first kappa shape index (κ1) is 18.5. The molecule has 7 nitrogen and oxygen atoms in total. The number of aryl methyl sites for hydroxylation is 3. The summed E-state index contributed by atoms with van der Waals surface area (Å²) in [6.07, 6.45) is 0. The van der Waals surface area contributed by atoms with Crippen LogP contribution >= 0.6 is 0 Å². The van der Waals surface area contributed by atoms with E-state index >= 15 is 0 Å². The molecule has 134 valence electrons. The van der Waals surface area contributed by atoms with Crippen molar-refractivity contribution < 1.29 is 14.1 Å². The van der Waals surface area contributed by atoms with Gasteiger partial charge < -0.3 is 20.5 Å². The summed E-state index contributed by atoms with van der Waals surface area (Å²) in [5, 5.41) is 12.4. The molecule has 0 saturated carbocycles. The molecule has 0 aliphatic carbocycles. The highest BCUT2D eigenvalue weighted by Gasteiger charge is 2.19. The first-order valence-corrected chi connectivity index (χ1v) is 8.08. The summed E-state index contributed by atoms with van der Waals surface area (Å²) in [7, 11) is 0. The Bertz CT molecular complexity index is 791. The number of hydrogen-bond acceptors (Lipinski definition) is 4. The number of nitrogens with one attached hydrogen (secondary N) is 3. The minimum atomic E-state index is -0.340. The van der Waals surface area contributed by atoms with Gasteiger partial charge in [-0.05, 0) is 51.8 Å². The molecular weight excluding hydrogens is 320 g/mol. The molecule has 25 heavy (non-hydrogen) atoms. The number of hydrogen-bond donors (Lipinski definition) is 3. The van der Waals surface area contributed by atoms with Gasteiger partial charge in [0.2, 0.25) is 5.91 Å². The van der Waals surface area contributed by atoms with Crippen LogP contribution in [0.1, 0.15) is 48.0 Å².